The third kappa shape index (κ3) is 9.74. The maximum Gasteiger partial charge on any atom is 0.293 e. The highest BCUT2D eigenvalue weighted by atomic mass is 35.5. The molecule has 3 saturated heterocycles. The molecule has 4 aliphatic rings. The number of piperazine rings is 1. The number of fused-ring (bicyclic) bond motifs is 3. The van der Waals surface area contributed by atoms with E-state index in [1.165, 1.54) is 73.7 Å². The number of hydrogen-bond donors (Lipinski definition) is 2. The summed E-state index contributed by atoms with van der Waals surface area (Å²) in [4.78, 5) is 29.2. The van der Waals surface area contributed by atoms with Crippen LogP contribution in [0.2, 0.25) is 5.02 Å². The fraction of sp³-hybridized carbons (Fsp3) is 0.404. The lowest BCUT2D eigenvalue weighted by molar-refractivity contribution is -0.384. The summed E-state index contributed by atoms with van der Waals surface area (Å²) in [6.07, 6.45) is 11.8. The summed E-state index contributed by atoms with van der Waals surface area (Å²) < 4.78 is 30.4. The fourth-order valence-electron chi connectivity index (χ4n) is 9.86. The molecule has 9 rings (SSSR count). The number of rotatable bonds is 16. The molecule has 1 aromatic heterocycles. The van der Waals surface area contributed by atoms with Gasteiger partial charge in [0.05, 0.1) is 15.3 Å². The van der Waals surface area contributed by atoms with Crippen LogP contribution in [0.15, 0.2) is 113 Å². The molecule has 4 aromatic carbocycles. The minimum Gasteiger partial charge on any atom is -0.376 e. The van der Waals surface area contributed by atoms with Gasteiger partial charge in [0.15, 0.2) is 5.82 Å². The molecule has 0 saturated carbocycles. The highest BCUT2D eigenvalue weighted by Crippen LogP contribution is 2.39. The molecule has 0 amide bonds. The summed E-state index contributed by atoms with van der Waals surface area (Å²) in [6.45, 7) is 5.46. The van der Waals surface area contributed by atoms with Crippen molar-refractivity contribution in [2.45, 2.75) is 85.7 Å². The number of nitrogens with one attached hydrogen (secondary N) is 2. The van der Waals surface area contributed by atoms with Gasteiger partial charge >= 0.3 is 0 Å². The number of thioether (sulfide) groups is 1. The van der Waals surface area contributed by atoms with Crippen molar-refractivity contribution in [2.24, 2.45) is 0 Å². The van der Waals surface area contributed by atoms with Crippen LogP contribution in [0.1, 0.15) is 63.4 Å². The molecule has 62 heavy (non-hydrogen) atoms. The van der Waals surface area contributed by atoms with E-state index >= 15 is 0 Å². The van der Waals surface area contributed by atoms with Crippen LogP contribution < -0.4 is 14.9 Å². The zero-order chi connectivity index (χ0) is 42.6. The van der Waals surface area contributed by atoms with E-state index < -0.39 is 14.9 Å². The monoisotopic (exact) mass is 892 g/mol. The van der Waals surface area contributed by atoms with Crippen molar-refractivity contribution in [2.75, 3.05) is 60.0 Å². The van der Waals surface area contributed by atoms with Crippen LogP contribution in [0.3, 0.4) is 0 Å². The average Bonchev–Trinajstić information content (AvgIpc) is 3.87. The van der Waals surface area contributed by atoms with Gasteiger partial charge < -0.3 is 10.2 Å². The SMILES string of the molecule is O=[N+]([O-])c1cc(S(=O)(=O)Nc2ncnc3cc(N4CCN(CC5=C(c6ccc(Cl)cc6)CCCC5)CC4)ccc23)ccc1N[C@H](CCN1C2CCC1CC2)CSc1ccccc1. The Kier molecular flexibility index (Phi) is 13.0. The van der Waals surface area contributed by atoms with E-state index in [1.54, 1.807) is 11.8 Å². The van der Waals surface area contributed by atoms with Crippen LogP contribution >= 0.6 is 23.4 Å². The van der Waals surface area contributed by atoms with Crippen molar-refractivity contribution >= 4 is 72.7 Å². The normalized spacial score (nSPS) is 20.2. The second kappa shape index (κ2) is 18.9. The molecule has 15 heteroatoms. The summed E-state index contributed by atoms with van der Waals surface area (Å²) in [5, 5.41) is 17.3. The number of anilines is 3. The Balaban J connectivity index is 0.866. The van der Waals surface area contributed by atoms with Gasteiger partial charge in [-0.2, -0.15) is 0 Å². The first kappa shape index (κ1) is 42.6. The average molecular weight is 894 g/mol. The maximum absolute atomic E-state index is 13.9. The maximum atomic E-state index is 13.9. The molecular weight excluding hydrogens is 840 g/mol. The number of nitrogens with zero attached hydrogens (tertiary/aromatic N) is 6. The number of benzene rings is 4. The van der Waals surface area contributed by atoms with Crippen LogP contribution in [0, 0.1) is 10.1 Å². The Bertz CT molecular complexity index is 2520. The molecule has 0 unspecified atom stereocenters. The number of halogens is 1. The first-order valence-corrected chi connectivity index (χ1v) is 24.7. The standard InChI is InChI=1S/C47H53ClN8O4S2/c48-35-12-10-33(11-13-35)42-9-5-4-6-34(42)30-53-24-26-54(27-25-53)39-18-20-43-45(28-39)49-32-50-47(43)52-62(59,60)41-19-21-44(46(29-41)56(57)58)51-36(31-61-40-7-2-1-3-8-40)22-23-55-37-14-15-38(55)17-16-37/h1-3,7-8,10-13,18-21,28-29,32,36-38,51H,4-6,9,14-17,22-27,30-31H2,(H,49,50,52)/t36-,37?,38?/m1/s1. The highest BCUT2D eigenvalue weighted by Gasteiger charge is 2.39. The van der Waals surface area contributed by atoms with Gasteiger partial charge in [-0.05, 0) is 124 Å². The molecule has 3 aliphatic heterocycles. The Morgan fingerprint density at radius 1 is 0.871 bits per heavy atom. The smallest absolute Gasteiger partial charge is 0.293 e. The van der Waals surface area contributed by atoms with Crippen LogP contribution in [0.5, 0.6) is 0 Å². The van der Waals surface area contributed by atoms with E-state index in [0.29, 0.717) is 34.4 Å². The second-order valence-corrected chi connectivity index (χ2v) is 20.2. The van der Waals surface area contributed by atoms with Crippen LogP contribution in [-0.4, -0.2) is 96.3 Å². The van der Waals surface area contributed by atoms with Gasteiger partial charge in [0.2, 0.25) is 0 Å². The van der Waals surface area contributed by atoms with E-state index in [4.69, 9.17) is 11.6 Å². The predicted octanol–water partition coefficient (Wildman–Crippen LogP) is 9.73. The minimum absolute atomic E-state index is 0.0752. The van der Waals surface area contributed by atoms with Crippen LogP contribution in [0.25, 0.3) is 16.5 Å². The van der Waals surface area contributed by atoms with Crippen molar-refractivity contribution in [1.82, 2.24) is 19.8 Å². The largest absolute Gasteiger partial charge is 0.376 e. The van der Waals surface area contributed by atoms with Crippen LogP contribution in [-0.2, 0) is 10.0 Å². The number of nitro benzene ring substituents is 1. The van der Waals surface area contributed by atoms with Gasteiger partial charge in [-0.1, -0.05) is 47.5 Å². The summed E-state index contributed by atoms with van der Waals surface area (Å²) in [7, 11) is -4.26. The molecule has 0 spiro atoms. The lowest BCUT2D eigenvalue weighted by Crippen LogP contribution is -2.47. The third-order valence-corrected chi connectivity index (χ3v) is 15.9. The van der Waals surface area contributed by atoms with Gasteiger partial charge in [0.25, 0.3) is 15.7 Å². The molecule has 4 heterocycles. The molecule has 324 valence electrons. The molecule has 0 radical (unpaired) electrons. The van der Waals surface area contributed by atoms with Crippen molar-refractivity contribution in [3.8, 4) is 0 Å². The summed E-state index contributed by atoms with van der Waals surface area (Å²) in [5.74, 6) is 0.817. The number of sulfonamides is 1. The van der Waals surface area contributed by atoms with E-state index in [1.807, 2.05) is 48.5 Å². The molecule has 1 aliphatic carbocycles. The second-order valence-electron chi connectivity index (χ2n) is 17.0. The summed E-state index contributed by atoms with van der Waals surface area (Å²) >= 11 is 7.89. The molecule has 2 N–H and O–H groups in total. The predicted molar refractivity (Wildman–Crippen MR) is 251 cm³/mol. The van der Waals surface area contributed by atoms with Crippen LogP contribution in [0.4, 0.5) is 22.9 Å². The molecule has 1 atom stereocenters. The quantitative estimate of drug-likeness (QED) is 0.0557. The summed E-state index contributed by atoms with van der Waals surface area (Å²) in [6, 6.07) is 29.4. The van der Waals surface area contributed by atoms with Gasteiger partial charge in [-0.25, -0.2) is 18.4 Å². The van der Waals surface area contributed by atoms with Crippen molar-refractivity contribution in [1.29, 1.82) is 0 Å². The third-order valence-electron chi connectivity index (χ3n) is 13.1. The molecule has 5 aromatic rings. The first-order valence-electron chi connectivity index (χ1n) is 21.9. The Morgan fingerprint density at radius 3 is 2.35 bits per heavy atom. The zero-order valence-electron chi connectivity index (χ0n) is 34.8. The summed E-state index contributed by atoms with van der Waals surface area (Å²) in [5.41, 5.74) is 5.89. The topological polar surface area (TPSA) is 137 Å². The van der Waals surface area contributed by atoms with Gasteiger partial charge in [-0.15, -0.1) is 11.8 Å². The molecule has 2 bridgehead atoms. The Labute approximate surface area is 373 Å². The number of aromatic nitrogens is 2. The fourth-order valence-corrected chi connectivity index (χ4v) is 12.0. The number of nitro groups is 1. The van der Waals surface area contributed by atoms with Crippen molar-refractivity contribution < 1.29 is 13.3 Å². The van der Waals surface area contributed by atoms with E-state index in [2.05, 4.69) is 59.0 Å². The van der Waals surface area contributed by atoms with Gasteiger partial charge in [-0.3, -0.25) is 24.6 Å². The van der Waals surface area contributed by atoms with Crippen molar-refractivity contribution in [3.05, 3.63) is 124 Å². The zero-order valence-corrected chi connectivity index (χ0v) is 37.2. The Hall–Kier alpha value is -4.73. The van der Waals surface area contributed by atoms with Crippen molar-refractivity contribution in [3.63, 3.8) is 0 Å². The van der Waals surface area contributed by atoms with Gasteiger partial charge in [0.1, 0.15) is 12.0 Å². The Morgan fingerprint density at radius 2 is 1.61 bits per heavy atom. The van der Waals surface area contributed by atoms with E-state index in [-0.39, 0.29) is 22.4 Å². The molecular formula is C47H53ClN8O4S2. The van der Waals surface area contributed by atoms with E-state index in [0.717, 1.165) is 80.2 Å². The number of hydrogen-bond acceptors (Lipinski definition) is 11. The molecule has 3 fully saturated rings. The lowest BCUT2D eigenvalue weighted by atomic mass is 9.87. The van der Waals surface area contributed by atoms with E-state index in [9.17, 15) is 18.5 Å². The first-order chi connectivity index (χ1) is 30.2. The number of allylic oxidation sites excluding steroid dienone is 1. The highest BCUT2D eigenvalue weighted by molar-refractivity contribution is 7.99. The minimum atomic E-state index is -4.26. The lowest BCUT2D eigenvalue weighted by Gasteiger charge is -2.37. The van der Waals surface area contributed by atoms with Gasteiger partial charge in [0, 0.05) is 90.2 Å². The molecule has 12 nitrogen and oxygen atoms in total.